The Labute approximate surface area is 183 Å². The number of ether oxygens (including phenoxy) is 1. The van der Waals surface area contributed by atoms with Gasteiger partial charge in [-0.2, -0.15) is 8.78 Å². The molecule has 1 saturated heterocycles. The van der Waals surface area contributed by atoms with Crippen LogP contribution in [0.1, 0.15) is 36.9 Å². The predicted molar refractivity (Wildman–Crippen MR) is 116 cm³/mol. The summed E-state index contributed by atoms with van der Waals surface area (Å²) < 4.78 is 30.0. The summed E-state index contributed by atoms with van der Waals surface area (Å²) in [5.41, 5.74) is 1.76. The van der Waals surface area contributed by atoms with E-state index in [-0.39, 0.29) is 11.7 Å². The van der Waals surface area contributed by atoms with Gasteiger partial charge in [0.05, 0.1) is 0 Å². The molecule has 1 amide bonds. The van der Waals surface area contributed by atoms with Crippen LogP contribution in [0.25, 0.3) is 0 Å². The van der Waals surface area contributed by atoms with Crippen LogP contribution >= 0.6 is 0 Å². The molecule has 1 aromatic heterocycles. The van der Waals surface area contributed by atoms with Crippen molar-refractivity contribution < 1.29 is 18.3 Å². The smallest absolute Gasteiger partial charge is 0.387 e. The van der Waals surface area contributed by atoms with Gasteiger partial charge in [0.15, 0.2) is 0 Å². The summed E-state index contributed by atoms with van der Waals surface area (Å²) in [5, 5.41) is 0. The molecule has 1 aliphatic rings. The van der Waals surface area contributed by atoms with Crippen molar-refractivity contribution in [3.05, 3.63) is 59.9 Å². The van der Waals surface area contributed by atoms with Crippen LogP contribution in [-0.2, 0) is 17.8 Å². The summed E-state index contributed by atoms with van der Waals surface area (Å²) in [6, 6.07) is 12.8. The second-order valence-electron chi connectivity index (χ2n) is 8.15. The molecule has 0 unspecified atom stereocenters. The summed E-state index contributed by atoms with van der Waals surface area (Å²) in [6.07, 6.45) is 6.04. The van der Waals surface area contributed by atoms with Crippen LogP contribution in [-0.4, -0.2) is 54.0 Å². The maximum absolute atomic E-state index is 12.7. The summed E-state index contributed by atoms with van der Waals surface area (Å²) >= 11 is 0. The highest BCUT2D eigenvalue weighted by atomic mass is 19.3. The van der Waals surface area contributed by atoms with E-state index in [9.17, 15) is 13.6 Å². The van der Waals surface area contributed by atoms with Crippen LogP contribution in [0.3, 0.4) is 0 Å². The molecule has 5 nitrogen and oxygen atoms in total. The van der Waals surface area contributed by atoms with E-state index in [1.165, 1.54) is 0 Å². The fourth-order valence-corrected chi connectivity index (χ4v) is 4.09. The maximum Gasteiger partial charge on any atom is 0.387 e. The Kier molecular flexibility index (Phi) is 8.76. The van der Waals surface area contributed by atoms with Gasteiger partial charge in [-0.15, -0.1) is 0 Å². The average Bonchev–Trinajstić information content (AvgIpc) is 2.78. The molecular formula is C24H31F2N3O2. The fraction of sp³-hybridized carbons (Fsp3) is 0.500. The van der Waals surface area contributed by atoms with Gasteiger partial charge in [0, 0.05) is 57.0 Å². The lowest BCUT2D eigenvalue weighted by atomic mass is 9.92. The van der Waals surface area contributed by atoms with Crippen LogP contribution in [0.4, 0.5) is 8.78 Å². The largest absolute Gasteiger partial charge is 0.434 e. The number of amides is 1. The quantitative estimate of drug-likeness (QED) is 0.560. The molecule has 2 heterocycles. The molecule has 0 spiro atoms. The summed E-state index contributed by atoms with van der Waals surface area (Å²) in [5.74, 6) is 0.832. The topological polar surface area (TPSA) is 45.7 Å². The minimum absolute atomic E-state index is 0.156. The SMILES string of the molecule is CN(CCc1ccccn1)C(=O)CC[C@H]1CCCN(Cc2ccccc2OC(F)F)C1. The lowest BCUT2D eigenvalue weighted by molar-refractivity contribution is -0.130. The first-order chi connectivity index (χ1) is 15.0. The lowest BCUT2D eigenvalue weighted by Crippen LogP contribution is -2.36. The van der Waals surface area contributed by atoms with E-state index in [4.69, 9.17) is 0 Å². The van der Waals surface area contributed by atoms with Gasteiger partial charge in [0.25, 0.3) is 0 Å². The number of piperidine rings is 1. The molecule has 1 aliphatic heterocycles. The van der Waals surface area contributed by atoms with Gasteiger partial charge in [0.2, 0.25) is 5.91 Å². The van der Waals surface area contributed by atoms with Crippen LogP contribution in [0.15, 0.2) is 48.7 Å². The van der Waals surface area contributed by atoms with Crippen molar-refractivity contribution in [2.24, 2.45) is 5.92 Å². The molecule has 1 fully saturated rings. The molecule has 3 rings (SSSR count). The third kappa shape index (κ3) is 7.58. The standard InChI is InChI=1S/C24H31F2N3O2/c1-28(16-13-21-9-4-5-14-27-21)23(30)12-11-19-7-6-15-29(17-19)18-20-8-2-3-10-22(20)31-24(25)26/h2-5,8-10,14,19,24H,6-7,11-13,15-18H2,1H3/t19-/m1/s1. The number of benzene rings is 1. The van der Waals surface area contributed by atoms with Crippen molar-refractivity contribution in [3.8, 4) is 5.75 Å². The number of carbonyl (C=O) groups excluding carboxylic acids is 1. The van der Waals surface area contributed by atoms with Crippen molar-refractivity contribution in [2.45, 2.75) is 45.3 Å². The minimum atomic E-state index is -2.82. The van der Waals surface area contributed by atoms with Gasteiger partial charge < -0.3 is 9.64 Å². The number of likely N-dealkylation sites (tertiary alicyclic amines) is 1. The molecule has 0 aliphatic carbocycles. The predicted octanol–water partition coefficient (Wildman–Crippen LogP) is 4.38. The highest BCUT2D eigenvalue weighted by Crippen LogP contribution is 2.26. The zero-order chi connectivity index (χ0) is 22.1. The number of nitrogens with zero attached hydrogens (tertiary/aromatic N) is 3. The van der Waals surface area contributed by atoms with E-state index in [0.29, 0.717) is 25.4 Å². The van der Waals surface area contributed by atoms with Gasteiger partial charge in [0.1, 0.15) is 5.75 Å². The highest BCUT2D eigenvalue weighted by Gasteiger charge is 2.22. The number of hydrogen-bond donors (Lipinski definition) is 0. The number of pyridine rings is 1. The third-order valence-corrected chi connectivity index (χ3v) is 5.81. The summed E-state index contributed by atoms with van der Waals surface area (Å²) in [6.45, 7) is 0.215. The number of likely N-dealkylation sites (N-methyl/N-ethyl adjacent to an activating group) is 1. The van der Waals surface area contributed by atoms with Crippen LogP contribution < -0.4 is 4.74 Å². The van der Waals surface area contributed by atoms with E-state index in [2.05, 4.69) is 14.6 Å². The first-order valence-electron chi connectivity index (χ1n) is 10.9. The Morgan fingerprint density at radius 3 is 2.84 bits per heavy atom. The number of carbonyl (C=O) groups is 1. The normalized spacial score (nSPS) is 17.0. The van der Waals surface area contributed by atoms with Gasteiger partial charge in [-0.1, -0.05) is 24.3 Å². The van der Waals surface area contributed by atoms with Crippen molar-refractivity contribution in [1.82, 2.24) is 14.8 Å². The number of hydrogen-bond acceptors (Lipinski definition) is 4. The molecule has 0 saturated carbocycles. The fourth-order valence-electron chi connectivity index (χ4n) is 4.09. The van der Waals surface area contributed by atoms with Crippen molar-refractivity contribution >= 4 is 5.91 Å². The van der Waals surface area contributed by atoms with Gasteiger partial charge >= 0.3 is 6.61 Å². The monoisotopic (exact) mass is 431 g/mol. The molecule has 0 bridgehead atoms. The second kappa shape index (κ2) is 11.7. The zero-order valence-electron chi connectivity index (χ0n) is 18.1. The van der Waals surface area contributed by atoms with Crippen molar-refractivity contribution in [3.63, 3.8) is 0 Å². The minimum Gasteiger partial charge on any atom is -0.434 e. The first-order valence-corrected chi connectivity index (χ1v) is 10.9. The second-order valence-corrected chi connectivity index (χ2v) is 8.15. The molecule has 168 valence electrons. The summed E-state index contributed by atoms with van der Waals surface area (Å²) in [4.78, 5) is 20.9. The van der Waals surface area contributed by atoms with Crippen molar-refractivity contribution in [1.29, 1.82) is 0 Å². The number of para-hydroxylation sites is 1. The molecule has 1 aromatic carbocycles. The Balaban J connectivity index is 1.44. The number of aromatic nitrogens is 1. The van der Waals surface area contributed by atoms with E-state index in [1.54, 1.807) is 23.2 Å². The number of halogens is 2. The van der Waals surface area contributed by atoms with Gasteiger partial charge in [-0.3, -0.25) is 14.7 Å². The number of alkyl halides is 2. The zero-order valence-corrected chi connectivity index (χ0v) is 18.1. The van der Waals surface area contributed by atoms with E-state index < -0.39 is 6.61 Å². The van der Waals surface area contributed by atoms with E-state index in [1.807, 2.05) is 37.4 Å². The average molecular weight is 432 g/mol. The molecule has 2 aromatic rings. The highest BCUT2D eigenvalue weighted by molar-refractivity contribution is 5.75. The molecule has 31 heavy (non-hydrogen) atoms. The third-order valence-electron chi connectivity index (χ3n) is 5.81. The van der Waals surface area contributed by atoms with Gasteiger partial charge in [-0.25, -0.2) is 0 Å². The molecular weight excluding hydrogens is 400 g/mol. The van der Waals surface area contributed by atoms with E-state index >= 15 is 0 Å². The van der Waals surface area contributed by atoms with Crippen LogP contribution in [0, 0.1) is 5.92 Å². The van der Waals surface area contributed by atoms with Gasteiger partial charge in [-0.05, 0) is 49.9 Å². The summed E-state index contributed by atoms with van der Waals surface area (Å²) in [7, 11) is 1.85. The Morgan fingerprint density at radius 1 is 1.26 bits per heavy atom. The molecule has 0 radical (unpaired) electrons. The Morgan fingerprint density at radius 2 is 2.06 bits per heavy atom. The maximum atomic E-state index is 12.7. The Hall–Kier alpha value is -2.54. The van der Waals surface area contributed by atoms with Crippen molar-refractivity contribution in [2.75, 3.05) is 26.7 Å². The Bertz CT molecular complexity index is 819. The number of rotatable bonds is 10. The molecule has 0 N–H and O–H groups in total. The lowest BCUT2D eigenvalue weighted by Gasteiger charge is -2.33. The van der Waals surface area contributed by atoms with E-state index in [0.717, 1.165) is 50.0 Å². The first kappa shape index (κ1) is 23.1. The van der Waals surface area contributed by atoms with Crippen LogP contribution in [0.5, 0.6) is 5.75 Å². The molecule has 7 heteroatoms. The molecule has 1 atom stereocenters. The van der Waals surface area contributed by atoms with Crippen LogP contribution in [0.2, 0.25) is 0 Å².